The van der Waals surface area contributed by atoms with Gasteiger partial charge in [-0.25, -0.2) is 0 Å². The first-order valence-electron chi connectivity index (χ1n) is 6.42. The summed E-state index contributed by atoms with van der Waals surface area (Å²) in [5.41, 5.74) is 9.32. The normalized spacial score (nSPS) is 19.1. The maximum Gasteiger partial charge on any atom is 0.217 e. The van der Waals surface area contributed by atoms with E-state index in [0.29, 0.717) is 6.54 Å². The second kappa shape index (κ2) is 5.40. The molecule has 0 radical (unpaired) electrons. The Balaban J connectivity index is 2.05. The minimum atomic E-state index is 0.0523. The van der Waals surface area contributed by atoms with Gasteiger partial charge in [0, 0.05) is 38.3 Å². The Labute approximate surface area is 108 Å². The molecule has 0 aliphatic carbocycles. The fraction of sp³-hybridized carbons (Fsp3) is 0.500. The van der Waals surface area contributed by atoms with E-state index in [1.54, 1.807) is 6.92 Å². The molecule has 1 aliphatic heterocycles. The smallest absolute Gasteiger partial charge is 0.217 e. The van der Waals surface area contributed by atoms with E-state index in [0.717, 1.165) is 19.5 Å². The Morgan fingerprint density at radius 2 is 2.33 bits per heavy atom. The average Bonchev–Trinajstić information content (AvgIpc) is 2.76. The number of amides is 1. The minimum absolute atomic E-state index is 0.0523. The Morgan fingerprint density at radius 1 is 1.56 bits per heavy atom. The van der Waals surface area contributed by atoms with Gasteiger partial charge < -0.3 is 16.0 Å². The molecule has 2 rings (SSSR count). The van der Waals surface area contributed by atoms with Crippen molar-refractivity contribution < 1.29 is 4.79 Å². The Kier molecular flexibility index (Phi) is 3.87. The lowest BCUT2D eigenvalue weighted by molar-refractivity contribution is -0.119. The van der Waals surface area contributed by atoms with Crippen LogP contribution in [0.5, 0.6) is 0 Å². The Hall–Kier alpha value is -1.55. The summed E-state index contributed by atoms with van der Waals surface area (Å²) in [4.78, 5) is 13.4. The van der Waals surface area contributed by atoms with Crippen molar-refractivity contribution in [2.24, 2.45) is 5.73 Å². The van der Waals surface area contributed by atoms with Crippen LogP contribution in [0.15, 0.2) is 18.2 Å². The third kappa shape index (κ3) is 2.82. The molecule has 4 nitrogen and oxygen atoms in total. The maximum absolute atomic E-state index is 11.0. The zero-order valence-electron chi connectivity index (χ0n) is 11.1. The topological polar surface area (TPSA) is 58.4 Å². The fourth-order valence-corrected chi connectivity index (χ4v) is 2.51. The summed E-state index contributed by atoms with van der Waals surface area (Å²) in [5, 5.41) is 2.98. The van der Waals surface area contributed by atoms with Crippen LogP contribution in [0.4, 0.5) is 5.69 Å². The quantitative estimate of drug-likeness (QED) is 0.843. The monoisotopic (exact) mass is 247 g/mol. The molecule has 1 heterocycles. The van der Waals surface area contributed by atoms with Gasteiger partial charge in [0.15, 0.2) is 0 Å². The van der Waals surface area contributed by atoms with E-state index in [2.05, 4.69) is 35.3 Å². The van der Waals surface area contributed by atoms with Crippen molar-refractivity contribution in [2.75, 3.05) is 18.0 Å². The van der Waals surface area contributed by atoms with E-state index < -0.39 is 0 Å². The molecule has 1 aromatic carbocycles. The van der Waals surface area contributed by atoms with Gasteiger partial charge in [0.05, 0.1) is 0 Å². The number of carbonyl (C=O) groups is 1. The number of carbonyl (C=O) groups excluding carboxylic acids is 1. The van der Waals surface area contributed by atoms with Gasteiger partial charge in [-0.05, 0) is 36.6 Å². The van der Waals surface area contributed by atoms with Crippen LogP contribution in [-0.4, -0.2) is 25.0 Å². The summed E-state index contributed by atoms with van der Waals surface area (Å²) in [7, 11) is 0. The number of nitrogens with two attached hydrogens (primary N) is 1. The first kappa shape index (κ1) is 12.9. The van der Waals surface area contributed by atoms with E-state index in [4.69, 9.17) is 5.73 Å². The van der Waals surface area contributed by atoms with Crippen molar-refractivity contribution in [1.29, 1.82) is 0 Å². The average molecular weight is 247 g/mol. The summed E-state index contributed by atoms with van der Waals surface area (Å²) >= 11 is 0. The molecule has 0 aromatic heterocycles. The number of anilines is 1. The molecule has 1 unspecified atom stereocenters. The summed E-state index contributed by atoms with van der Waals surface area (Å²) < 4.78 is 0. The van der Waals surface area contributed by atoms with Gasteiger partial charge in [-0.15, -0.1) is 0 Å². The van der Waals surface area contributed by atoms with Crippen LogP contribution in [0, 0.1) is 6.92 Å². The number of hydrogen-bond acceptors (Lipinski definition) is 3. The molecule has 1 atom stereocenters. The Morgan fingerprint density at radius 3 is 2.94 bits per heavy atom. The third-order valence-corrected chi connectivity index (χ3v) is 3.51. The van der Waals surface area contributed by atoms with Crippen LogP contribution in [0.1, 0.15) is 24.5 Å². The molecule has 0 bridgehead atoms. The van der Waals surface area contributed by atoms with Crippen LogP contribution in [0.3, 0.4) is 0 Å². The Bertz CT molecular complexity index is 445. The molecule has 1 aliphatic rings. The van der Waals surface area contributed by atoms with Crippen LogP contribution in [0.25, 0.3) is 0 Å². The second-order valence-electron chi connectivity index (χ2n) is 4.95. The first-order valence-corrected chi connectivity index (χ1v) is 6.42. The van der Waals surface area contributed by atoms with Crippen LogP contribution in [0.2, 0.25) is 0 Å². The molecule has 98 valence electrons. The van der Waals surface area contributed by atoms with Crippen molar-refractivity contribution in [3.8, 4) is 0 Å². The van der Waals surface area contributed by atoms with Crippen molar-refractivity contribution >= 4 is 11.6 Å². The van der Waals surface area contributed by atoms with Crippen molar-refractivity contribution in [3.05, 3.63) is 29.3 Å². The molecule has 3 N–H and O–H groups in total. The predicted octanol–water partition coefficient (Wildman–Crippen LogP) is 1.17. The first-order chi connectivity index (χ1) is 8.60. The lowest BCUT2D eigenvalue weighted by Gasteiger charge is -2.20. The van der Waals surface area contributed by atoms with Crippen molar-refractivity contribution in [3.63, 3.8) is 0 Å². The number of nitrogens with zero attached hydrogens (tertiary/aromatic N) is 1. The van der Waals surface area contributed by atoms with Gasteiger partial charge in [0.1, 0.15) is 0 Å². The molecule has 1 amide bonds. The number of nitrogens with one attached hydrogen (secondary N) is 1. The molecule has 1 aromatic rings. The van der Waals surface area contributed by atoms with E-state index in [1.807, 2.05) is 0 Å². The zero-order chi connectivity index (χ0) is 13.1. The molecule has 1 fully saturated rings. The lowest BCUT2D eigenvalue weighted by Crippen LogP contribution is -2.35. The molecule has 0 saturated carbocycles. The maximum atomic E-state index is 11.0. The van der Waals surface area contributed by atoms with Crippen molar-refractivity contribution in [2.45, 2.75) is 32.9 Å². The van der Waals surface area contributed by atoms with Crippen molar-refractivity contribution in [1.82, 2.24) is 5.32 Å². The number of rotatable bonds is 3. The summed E-state index contributed by atoms with van der Waals surface area (Å²) in [6, 6.07) is 6.66. The molecule has 0 spiro atoms. The highest BCUT2D eigenvalue weighted by atomic mass is 16.1. The van der Waals surface area contributed by atoms with Gasteiger partial charge in [-0.1, -0.05) is 6.07 Å². The fourth-order valence-electron chi connectivity index (χ4n) is 2.51. The number of aryl methyl sites for hydroxylation is 1. The van der Waals surface area contributed by atoms with Gasteiger partial charge in [-0.3, -0.25) is 4.79 Å². The van der Waals surface area contributed by atoms with Gasteiger partial charge >= 0.3 is 0 Å². The molecular formula is C14H21N3O. The molecule has 1 saturated heterocycles. The predicted molar refractivity (Wildman–Crippen MR) is 73.5 cm³/mol. The standard InChI is InChI=1S/C14H21N3O/c1-10-7-14(4-3-12(10)8-15)17-6-5-13(9-17)16-11(2)18/h3-4,7,13H,5-6,8-9,15H2,1-2H3,(H,16,18). The van der Waals surface area contributed by atoms with Crippen LogP contribution >= 0.6 is 0 Å². The number of benzene rings is 1. The third-order valence-electron chi connectivity index (χ3n) is 3.51. The highest BCUT2D eigenvalue weighted by molar-refractivity contribution is 5.73. The highest BCUT2D eigenvalue weighted by Gasteiger charge is 2.23. The summed E-state index contributed by atoms with van der Waals surface area (Å²) in [5.74, 6) is 0.0523. The summed E-state index contributed by atoms with van der Waals surface area (Å²) in [6.45, 7) is 6.13. The van der Waals surface area contributed by atoms with Gasteiger partial charge in [0.25, 0.3) is 0 Å². The van der Waals surface area contributed by atoms with E-state index in [-0.39, 0.29) is 11.9 Å². The number of hydrogen-bond donors (Lipinski definition) is 2. The second-order valence-corrected chi connectivity index (χ2v) is 4.95. The lowest BCUT2D eigenvalue weighted by atomic mass is 10.1. The van der Waals surface area contributed by atoms with Gasteiger partial charge in [0.2, 0.25) is 5.91 Å². The zero-order valence-corrected chi connectivity index (χ0v) is 11.1. The molecule has 18 heavy (non-hydrogen) atoms. The van der Waals surface area contributed by atoms with E-state index in [9.17, 15) is 4.79 Å². The molecular weight excluding hydrogens is 226 g/mol. The summed E-state index contributed by atoms with van der Waals surface area (Å²) in [6.07, 6.45) is 1.01. The highest BCUT2D eigenvalue weighted by Crippen LogP contribution is 2.23. The van der Waals surface area contributed by atoms with E-state index >= 15 is 0 Å². The van der Waals surface area contributed by atoms with Crippen LogP contribution < -0.4 is 16.0 Å². The van der Waals surface area contributed by atoms with E-state index in [1.165, 1.54) is 16.8 Å². The van der Waals surface area contributed by atoms with Gasteiger partial charge in [-0.2, -0.15) is 0 Å². The minimum Gasteiger partial charge on any atom is -0.369 e. The molecule has 4 heteroatoms. The SMILES string of the molecule is CC(=O)NC1CCN(c2ccc(CN)c(C)c2)C1. The largest absolute Gasteiger partial charge is 0.369 e. The van der Waals surface area contributed by atoms with Crippen LogP contribution in [-0.2, 0) is 11.3 Å².